The van der Waals surface area contributed by atoms with Gasteiger partial charge in [-0.25, -0.2) is 9.78 Å². The number of halogens is 1. The molecule has 0 aliphatic rings. The first kappa shape index (κ1) is 12.3. The SMILES string of the molecule is CN(CCC#N)c1cc(C(=O)O)c(Cl)cn1. The Morgan fingerprint density at radius 2 is 2.44 bits per heavy atom. The molecule has 0 spiro atoms. The molecule has 0 saturated heterocycles. The van der Waals surface area contributed by atoms with Gasteiger partial charge >= 0.3 is 5.97 Å². The van der Waals surface area contributed by atoms with E-state index in [0.29, 0.717) is 18.8 Å². The maximum absolute atomic E-state index is 10.8. The van der Waals surface area contributed by atoms with Gasteiger partial charge in [0, 0.05) is 19.8 Å². The molecule has 1 rings (SSSR count). The van der Waals surface area contributed by atoms with Crippen LogP contribution in [0.4, 0.5) is 5.82 Å². The zero-order valence-corrected chi connectivity index (χ0v) is 9.40. The second-order valence-corrected chi connectivity index (χ2v) is 3.56. The summed E-state index contributed by atoms with van der Waals surface area (Å²) in [5.41, 5.74) is 0.00970. The van der Waals surface area contributed by atoms with Crippen LogP contribution < -0.4 is 4.90 Å². The number of carboxylic acids is 1. The van der Waals surface area contributed by atoms with Gasteiger partial charge in [-0.1, -0.05) is 11.6 Å². The molecule has 0 aromatic carbocycles. The molecule has 0 radical (unpaired) electrons. The largest absolute Gasteiger partial charge is 0.478 e. The third-order valence-corrected chi connectivity index (χ3v) is 2.32. The first-order valence-corrected chi connectivity index (χ1v) is 4.91. The average molecular weight is 240 g/mol. The van der Waals surface area contributed by atoms with Crippen molar-refractivity contribution in [2.75, 3.05) is 18.5 Å². The van der Waals surface area contributed by atoms with Crippen molar-refractivity contribution in [2.45, 2.75) is 6.42 Å². The summed E-state index contributed by atoms with van der Waals surface area (Å²) in [5.74, 6) is -0.612. The number of pyridine rings is 1. The number of rotatable bonds is 4. The lowest BCUT2D eigenvalue weighted by Crippen LogP contribution is -2.19. The van der Waals surface area contributed by atoms with Crippen molar-refractivity contribution >= 4 is 23.4 Å². The summed E-state index contributed by atoms with van der Waals surface area (Å²) in [6.45, 7) is 0.490. The zero-order chi connectivity index (χ0) is 12.1. The summed E-state index contributed by atoms with van der Waals surface area (Å²) in [5, 5.41) is 17.4. The standard InChI is InChI=1S/C10H10ClN3O2/c1-14(4-2-3-12)9-5-7(10(15)16)8(11)6-13-9/h5-6H,2,4H2,1H3,(H,15,16). The third kappa shape index (κ3) is 2.84. The summed E-state index contributed by atoms with van der Waals surface area (Å²) in [7, 11) is 1.74. The molecule has 1 heterocycles. The minimum atomic E-state index is -1.10. The van der Waals surface area contributed by atoms with E-state index in [1.54, 1.807) is 11.9 Å². The minimum absolute atomic E-state index is 0.00970. The second kappa shape index (κ2) is 5.33. The van der Waals surface area contributed by atoms with Crippen molar-refractivity contribution in [3.63, 3.8) is 0 Å². The summed E-state index contributed by atoms with van der Waals surface area (Å²) in [4.78, 5) is 16.5. The smallest absolute Gasteiger partial charge is 0.337 e. The van der Waals surface area contributed by atoms with E-state index in [4.69, 9.17) is 22.0 Å². The Bertz CT molecular complexity index is 442. The van der Waals surface area contributed by atoms with Gasteiger partial charge in [-0.3, -0.25) is 0 Å². The molecule has 0 atom stereocenters. The lowest BCUT2D eigenvalue weighted by molar-refractivity contribution is 0.0697. The fourth-order valence-electron chi connectivity index (χ4n) is 1.13. The number of anilines is 1. The van der Waals surface area contributed by atoms with Gasteiger partial charge < -0.3 is 10.0 Å². The summed E-state index contributed by atoms with van der Waals surface area (Å²) in [6, 6.07) is 3.40. The average Bonchev–Trinajstić information content (AvgIpc) is 2.26. The Kier molecular flexibility index (Phi) is 4.09. The van der Waals surface area contributed by atoms with Crippen LogP contribution in [-0.2, 0) is 0 Å². The number of hydrogen-bond acceptors (Lipinski definition) is 4. The summed E-state index contributed by atoms with van der Waals surface area (Å²) < 4.78 is 0. The molecular formula is C10H10ClN3O2. The molecule has 0 aliphatic carbocycles. The molecule has 1 aromatic rings. The Morgan fingerprint density at radius 1 is 1.75 bits per heavy atom. The van der Waals surface area contributed by atoms with Crippen molar-refractivity contribution in [2.24, 2.45) is 0 Å². The van der Waals surface area contributed by atoms with E-state index >= 15 is 0 Å². The van der Waals surface area contributed by atoms with Gasteiger partial charge in [-0.05, 0) is 6.07 Å². The predicted octanol–water partition coefficient (Wildman–Crippen LogP) is 1.78. The number of nitriles is 1. The molecule has 84 valence electrons. The van der Waals surface area contributed by atoms with Crippen LogP contribution >= 0.6 is 11.6 Å². The van der Waals surface area contributed by atoms with E-state index in [-0.39, 0.29) is 10.6 Å². The zero-order valence-electron chi connectivity index (χ0n) is 8.64. The van der Waals surface area contributed by atoms with Crippen LogP contribution in [0, 0.1) is 11.3 Å². The molecule has 16 heavy (non-hydrogen) atoms. The number of carbonyl (C=O) groups is 1. The summed E-state index contributed by atoms with van der Waals surface area (Å²) in [6.07, 6.45) is 1.65. The highest BCUT2D eigenvalue weighted by Gasteiger charge is 2.12. The van der Waals surface area contributed by atoms with Crippen molar-refractivity contribution in [3.05, 3.63) is 22.8 Å². The lowest BCUT2D eigenvalue weighted by Gasteiger charge is -2.16. The second-order valence-electron chi connectivity index (χ2n) is 3.16. The maximum Gasteiger partial charge on any atom is 0.337 e. The molecule has 1 aromatic heterocycles. The molecule has 1 N–H and O–H groups in total. The van der Waals surface area contributed by atoms with Gasteiger partial charge in [0.1, 0.15) is 5.82 Å². The van der Waals surface area contributed by atoms with Crippen molar-refractivity contribution in [3.8, 4) is 6.07 Å². The third-order valence-electron chi connectivity index (χ3n) is 2.02. The number of hydrogen-bond donors (Lipinski definition) is 1. The van der Waals surface area contributed by atoms with Crippen LogP contribution in [0.1, 0.15) is 16.8 Å². The van der Waals surface area contributed by atoms with Gasteiger partial charge in [-0.15, -0.1) is 0 Å². The minimum Gasteiger partial charge on any atom is -0.478 e. The molecule has 0 fully saturated rings. The molecule has 0 bridgehead atoms. The Morgan fingerprint density at radius 3 is 3.00 bits per heavy atom. The van der Waals surface area contributed by atoms with Crippen molar-refractivity contribution in [1.29, 1.82) is 5.26 Å². The Hall–Kier alpha value is -1.80. The fourth-order valence-corrected chi connectivity index (χ4v) is 1.32. The molecule has 0 amide bonds. The number of aromatic nitrogens is 1. The number of nitrogens with zero attached hydrogens (tertiary/aromatic N) is 3. The highest BCUT2D eigenvalue weighted by molar-refractivity contribution is 6.33. The van der Waals surface area contributed by atoms with Crippen LogP contribution in [0.15, 0.2) is 12.3 Å². The summed E-state index contributed by atoms with van der Waals surface area (Å²) >= 11 is 5.69. The monoisotopic (exact) mass is 239 g/mol. The van der Waals surface area contributed by atoms with Gasteiger partial charge in [-0.2, -0.15) is 5.26 Å². The fraction of sp³-hybridized carbons (Fsp3) is 0.300. The van der Waals surface area contributed by atoms with Crippen LogP contribution in [0.25, 0.3) is 0 Å². The quantitative estimate of drug-likeness (QED) is 0.867. The van der Waals surface area contributed by atoms with Gasteiger partial charge in [0.2, 0.25) is 0 Å². The van der Waals surface area contributed by atoms with Crippen LogP contribution in [0.2, 0.25) is 5.02 Å². The molecule has 6 heteroatoms. The van der Waals surface area contributed by atoms with Crippen LogP contribution in [0.3, 0.4) is 0 Å². The molecule has 0 saturated carbocycles. The van der Waals surface area contributed by atoms with Gasteiger partial charge in [0.15, 0.2) is 0 Å². The first-order valence-electron chi connectivity index (χ1n) is 4.53. The first-order chi connectivity index (χ1) is 7.56. The van der Waals surface area contributed by atoms with E-state index in [1.807, 2.05) is 6.07 Å². The van der Waals surface area contributed by atoms with Gasteiger partial charge in [0.05, 0.1) is 23.1 Å². The molecular weight excluding hydrogens is 230 g/mol. The van der Waals surface area contributed by atoms with Crippen LogP contribution in [-0.4, -0.2) is 29.7 Å². The van der Waals surface area contributed by atoms with Crippen molar-refractivity contribution < 1.29 is 9.90 Å². The topological polar surface area (TPSA) is 77.2 Å². The van der Waals surface area contributed by atoms with E-state index in [2.05, 4.69) is 4.98 Å². The highest BCUT2D eigenvalue weighted by Crippen LogP contribution is 2.19. The van der Waals surface area contributed by atoms with E-state index in [1.165, 1.54) is 12.3 Å². The van der Waals surface area contributed by atoms with Crippen LogP contribution in [0.5, 0.6) is 0 Å². The number of aromatic carboxylic acids is 1. The Balaban J connectivity index is 2.94. The Labute approximate surface area is 97.9 Å². The lowest BCUT2D eigenvalue weighted by atomic mass is 10.2. The van der Waals surface area contributed by atoms with E-state index in [9.17, 15) is 4.79 Å². The molecule has 0 unspecified atom stereocenters. The van der Waals surface area contributed by atoms with Gasteiger partial charge in [0.25, 0.3) is 0 Å². The predicted molar refractivity (Wildman–Crippen MR) is 59.7 cm³/mol. The highest BCUT2D eigenvalue weighted by atomic mass is 35.5. The van der Waals surface area contributed by atoms with E-state index < -0.39 is 5.97 Å². The maximum atomic E-state index is 10.8. The van der Waals surface area contributed by atoms with Crippen molar-refractivity contribution in [1.82, 2.24) is 4.98 Å². The molecule has 5 nitrogen and oxygen atoms in total. The van der Waals surface area contributed by atoms with E-state index in [0.717, 1.165) is 0 Å². The molecule has 0 aliphatic heterocycles. The normalized spacial score (nSPS) is 9.56. The number of carboxylic acid groups (broad SMARTS) is 1.